The van der Waals surface area contributed by atoms with Crippen molar-refractivity contribution in [1.29, 1.82) is 0 Å². The Hall–Kier alpha value is -3.85. The van der Waals surface area contributed by atoms with Crippen molar-refractivity contribution < 1.29 is 14.3 Å². The van der Waals surface area contributed by atoms with Gasteiger partial charge in [0.25, 0.3) is 5.56 Å². The average Bonchev–Trinajstić information content (AvgIpc) is 2.83. The van der Waals surface area contributed by atoms with Gasteiger partial charge in [-0.15, -0.1) is 0 Å². The lowest BCUT2D eigenvalue weighted by molar-refractivity contribution is -0.121. The third-order valence-corrected chi connectivity index (χ3v) is 5.52. The van der Waals surface area contributed by atoms with Crippen LogP contribution in [0.3, 0.4) is 0 Å². The summed E-state index contributed by atoms with van der Waals surface area (Å²) in [6.45, 7) is 0.939. The summed E-state index contributed by atoms with van der Waals surface area (Å²) in [5.41, 5.74) is 0.767. The van der Waals surface area contributed by atoms with E-state index < -0.39 is 17.2 Å². The standard InChI is InChI=1S/C24H26N4O5/c1-32-12-11-28-21(26-22(29)18-13-17-9-5-6-10-19(17)33-15-18)20(23(30)27-24(28)31)25-14-16-7-3-2-4-8-16/h2-10,18,25H,11-15H2,1H3,(H,26,29)(H,27,30,31). The smallest absolute Gasteiger partial charge is 0.330 e. The topological polar surface area (TPSA) is 114 Å². The molecule has 1 unspecified atom stereocenters. The molecular weight excluding hydrogens is 424 g/mol. The second kappa shape index (κ2) is 10.2. The van der Waals surface area contributed by atoms with Crippen molar-refractivity contribution >= 4 is 17.4 Å². The maximum atomic E-state index is 13.2. The van der Waals surface area contributed by atoms with Crippen molar-refractivity contribution in [3.8, 4) is 5.75 Å². The number of benzene rings is 2. The molecule has 9 nitrogen and oxygen atoms in total. The third-order valence-electron chi connectivity index (χ3n) is 5.52. The van der Waals surface area contributed by atoms with E-state index in [0.717, 1.165) is 16.9 Å². The molecule has 2 heterocycles. The Morgan fingerprint density at radius 3 is 2.70 bits per heavy atom. The van der Waals surface area contributed by atoms with Gasteiger partial charge in [-0.3, -0.25) is 19.1 Å². The first-order valence-corrected chi connectivity index (χ1v) is 10.7. The molecule has 0 bridgehead atoms. The van der Waals surface area contributed by atoms with Gasteiger partial charge in [-0.05, 0) is 23.6 Å². The Kier molecular flexibility index (Phi) is 6.89. The predicted octanol–water partition coefficient (Wildman–Crippen LogP) is 1.98. The van der Waals surface area contributed by atoms with Crippen LogP contribution in [0.5, 0.6) is 5.75 Å². The van der Waals surface area contributed by atoms with E-state index in [1.165, 1.54) is 11.7 Å². The number of fused-ring (bicyclic) bond motifs is 1. The monoisotopic (exact) mass is 450 g/mol. The summed E-state index contributed by atoms with van der Waals surface area (Å²) >= 11 is 0. The Bertz CT molecular complexity index is 1240. The zero-order chi connectivity index (χ0) is 23.2. The first kappa shape index (κ1) is 22.3. The number of anilines is 2. The predicted molar refractivity (Wildman–Crippen MR) is 125 cm³/mol. The highest BCUT2D eigenvalue weighted by Crippen LogP contribution is 2.28. The molecule has 0 fully saturated rings. The van der Waals surface area contributed by atoms with Crippen LogP contribution in [0.15, 0.2) is 64.2 Å². The number of hydrogen-bond donors (Lipinski definition) is 3. The Balaban J connectivity index is 1.63. The maximum absolute atomic E-state index is 13.2. The van der Waals surface area contributed by atoms with Crippen LogP contribution in [-0.4, -0.2) is 35.8 Å². The molecule has 1 aliphatic rings. The van der Waals surface area contributed by atoms with Gasteiger partial charge < -0.3 is 20.1 Å². The molecule has 3 aromatic rings. The highest BCUT2D eigenvalue weighted by molar-refractivity contribution is 5.95. The fourth-order valence-electron chi connectivity index (χ4n) is 3.76. The molecule has 1 atom stereocenters. The number of amides is 1. The van der Waals surface area contributed by atoms with Crippen molar-refractivity contribution in [2.45, 2.75) is 19.5 Å². The van der Waals surface area contributed by atoms with Gasteiger partial charge in [-0.2, -0.15) is 0 Å². The summed E-state index contributed by atoms with van der Waals surface area (Å²) in [7, 11) is 1.51. The summed E-state index contributed by atoms with van der Waals surface area (Å²) in [6, 6.07) is 17.1. The molecule has 1 aromatic heterocycles. The van der Waals surface area contributed by atoms with E-state index in [2.05, 4.69) is 15.6 Å². The molecule has 33 heavy (non-hydrogen) atoms. The minimum atomic E-state index is -0.622. The van der Waals surface area contributed by atoms with Gasteiger partial charge in [-0.25, -0.2) is 4.79 Å². The van der Waals surface area contributed by atoms with Crippen LogP contribution in [0, 0.1) is 5.92 Å². The first-order valence-electron chi connectivity index (χ1n) is 10.7. The second-order valence-corrected chi connectivity index (χ2v) is 7.78. The highest BCUT2D eigenvalue weighted by atomic mass is 16.5. The Labute approximate surface area is 190 Å². The number of rotatable bonds is 8. The second-order valence-electron chi connectivity index (χ2n) is 7.78. The number of H-pyrrole nitrogens is 1. The maximum Gasteiger partial charge on any atom is 0.330 e. The zero-order valence-electron chi connectivity index (χ0n) is 18.3. The van der Waals surface area contributed by atoms with Crippen LogP contribution in [0.25, 0.3) is 0 Å². The lowest BCUT2D eigenvalue weighted by atomic mass is 9.96. The number of aromatic amines is 1. The van der Waals surface area contributed by atoms with Gasteiger partial charge in [0, 0.05) is 13.7 Å². The number of para-hydroxylation sites is 1. The number of carbonyl (C=O) groups excluding carboxylic acids is 1. The van der Waals surface area contributed by atoms with Crippen molar-refractivity contribution in [3.63, 3.8) is 0 Å². The van der Waals surface area contributed by atoms with Crippen LogP contribution in [0.2, 0.25) is 0 Å². The van der Waals surface area contributed by atoms with E-state index in [0.29, 0.717) is 13.0 Å². The molecule has 3 N–H and O–H groups in total. The number of methoxy groups -OCH3 is 1. The van der Waals surface area contributed by atoms with Crippen molar-refractivity contribution in [3.05, 3.63) is 86.6 Å². The molecule has 9 heteroatoms. The van der Waals surface area contributed by atoms with Gasteiger partial charge in [0.15, 0.2) is 0 Å². The summed E-state index contributed by atoms with van der Waals surface area (Å²) < 4.78 is 12.2. The summed E-state index contributed by atoms with van der Waals surface area (Å²) in [5.74, 6) is 0.0797. The van der Waals surface area contributed by atoms with Crippen molar-refractivity contribution in [2.75, 3.05) is 31.0 Å². The molecule has 0 saturated heterocycles. The first-order chi connectivity index (χ1) is 16.1. The number of carbonyl (C=O) groups is 1. The molecule has 1 amide bonds. The largest absolute Gasteiger partial charge is 0.492 e. The molecule has 0 saturated carbocycles. The third kappa shape index (κ3) is 5.15. The Morgan fingerprint density at radius 1 is 1.15 bits per heavy atom. The number of ether oxygens (including phenoxy) is 2. The molecule has 4 rings (SSSR count). The van der Waals surface area contributed by atoms with Crippen LogP contribution in [-0.2, 0) is 29.0 Å². The minimum Gasteiger partial charge on any atom is -0.492 e. The van der Waals surface area contributed by atoms with Gasteiger partial charge in [0.05, 0.1) is 19.1 Å². The van der Waals surface area contributed by atoms with E-state index in [1.54, 1.807) is 0 Å². The van der Waals surface area contributed by atoms with Gasteiger partial charge in [-0.1, -0.05) is 48.5 Å². The molecule has 0 radical (unpaired) electrons. The number of hydrogen-bond acceptors (Lipinski definition) is 6. The molecule has 1 aliphatic heterocycles. The van der Waals surface area contributed by atoms with Gasteiger partial charge >= 0.3 is 5.69 Å². The average molecular weight is 450 g/mol. The van der Waals surface area contributed by atoms with E-state index in [-0.39, 0.29) is 37.2 Å². The van der Waals surface area contributed by atoms with E-state index in [9.17, 15) is 14.4 Å². The lowest BCUT2D eigenvalue weighted by Gasteiger charge is -2.25. The van der Waals surface area contributed by atoms with Gasteiger partial charge in [0.1, 0.15) is 23.9 Å². The lowest BCUT2D eigenvalue weighted by Crippen LogP contribution is -2.39. The summed E-state index contributed by atoms with van der Waals surface area (Å²) in [4.78, 5) is 40.7. The fourth-order valence-corrected chi connectivity index (χ4v) is 3.76. The van der Waals surface area contributed by atoms with E-state index in [4.69, 9.17) is 9.47 Å². The van der Waals surface area contributed by atoms with Gasteiger partial charge in [0.2, 0.25) is 5.91 Å². The summed E-state index contributed by atoms with van der Waals surface area (Å²) in [5, 5.41) is 5.89. The molecule has 0 spiro atoms. The van der Waals surface area contributed by atoms with E-state index in [1.807, 2.05) is 54.6 Å². The van der Waals surface area contributed by atoms with Crippen molar-refractivity contribution in [2.24, 2.45) is 5.92 Å². The fraction of sp³-hybridized carbons (Fsp3) is 0.292. The Morgan fingerprint density at radius 2 is 1.91 bits per heavy atom. The molecular formula is C24H26N4O5. The minimum absolute atomic E-state index is 0.111. The number of aromatic nitrogens is 2. The molecule has 0 aliphatic carbocycles. The zero-order valence-corrected chi connectivity index (χ0v) is 18.3. The quantitative estimate of drug-likeness (QED) is 0.484. The van der Waals surface area contributed by atoms with Crippen LogP contribution in [0.4, 0.5) is 11.5 Å². The summed E-state index contributed by atoms with van der Waals surface area (Å²) in [6.07, 6.45) is 0.500. The SMILES string of the molecule is COCCn1c(NC(=O)C2COc3ccccc3C2)c(NCc2ccccc2)c(=O)[nH]c1=O. The van der Waals surface area contributed by atoms with Crippen molar-refractivity contribution in [1.82, 2.24) is 9.55 Å². The van der Waals surface area contributed by atoms with Crippen LogP contribution in [0.1, 0.15) is 11.1 Å². The molecule has 172 valence electrons. The number of nitrogens with one attached hydrogen (secondary N) is 3. The number of nitrogens with zero attached hydrogens (tertiary/aromatic N) is 1. The van der Waals surface area contributed by atoms with Crippen LogP contribution >= 0.6 is 0 Å². The van der Waals surface area contributed by atoms with E-state index >= 15 is 0 Å². The highest BCUT2D eigenvalue weighted by Gasteiger charge is 2.28. The molecule has 2 aromatic carbocycles. The normalized spacial score (nSPS) is 14.8. The van der Waals surface area contributed by atoms with Crippen LogP contribution < -0.4 is 26.6 Å².